The van der Waals surface area contributed by atoms with Gasteiger partial charge in [-0.3, -0.25) is 0 Å². The van der Waals surface area contributed by atoms with Crippen LogP contribution >= 0.6 is 0 Å². The monoisotopic (exact) mass is 332 g/mol. The average molecular weight is 332 g/mol. The Bertz CT molecular complexity index is 1120. The van der Waals surface area contributed by atoms with E-state index < -0.39 is 5.82 Å². The highest BCUT2D eigenvalue weighted by atomic mass is 19.1. The highest BCUT2D eigenvalue weighted by molar-refractivity contribution is 6.00. The molecule has 3 N–H and O–H groups in total. The number of fused-ring (bicyclic) bond motifs is 2. The summed E-state index contributed by atoms with van der Waals surface area (Å²) in [6.45, 7) is 0. The lowest BCUT2D eigenvalue weighted by Crippen LogP contribution is -2.11. The number of rotatable bonds is 1. The predicted octanol–water partition coefficient (Wildman–Crippen LogP) is 3.98. The Hall–Kier alpha value is -3.41. The number of hydrogen-bond donors (Lipinski definition) is 3. The molecule has 5 nitrogen and oxygen atoms in total. The van der Waals surface area contributed by atoms with Crippen molar-refractivity contribution in [2.75, 3.05) is 5.32 Å². The number of H-pyrrole nitrogens is 1. The molecule has 2 aromatic carbocycles. The second-order valence-electron chi connectivity index (χ2n) is 6.06. The molecule has 0 amide bonds. The summed E-state index contributed by atoms with van der Waals surface area (Å²) in [5, 5.41) is 22.2. The number of phenols is 1. The summed E-state index contributed by atoms with van der Waals surface area (Å²) in [4.78, 5) is 3.15. The van der Waals surface area contributed by atoms with E-state index in [9.17, 15) is 9.50 Å². The van der Waals surface area contributed by atoms with Crippen LogP contribution in [-0.2, 0) is 0 Å². The Morgan fingerprint density at radius 1 is 1.08 bits per heavy atom. The number of aromatic hydroxyl groups is 1. The molecule has 1 atom stereocenters. The van der Waals surface area contributed by atoms with Gasteiger partial charge in [-0.05, 0) is 23.8 Å². The summed E-state index contributed by atoms with van der Waals surface area (Å²) < 4.78 is 13.9. The smallest absolute Gasteiger partial charge is 0.165 e. The number of anilines is 1. The molecule has 6 heteroatoms. The maximum absolute atomic E-state index is 13.9. The minimum atomic E-state index is -0.642. The number of phenolic OH excluding ortho intramolecular Hbond substituents is 1. The van der Waals surface area contributed by atoms with Crippen LogP contribution in [0.2, 0.25) is 0 Å². The number of para-hydroxylation sites is 1. The third-order valence-corrected chi connectivity index (χ3v) is 4.64. The van der Waals surface area contributed by atoms with Gasteiger partial charge in [0.05, 0.1) is 12.2 Å². The number of nitrogens with one attached hydrogen (secondary N) is 2. The van der Waals surface area contributed by atoms with Crippen molar-refractivity contribution in [2.45, 2.75) is 6.04 Å². The van der Waals surface area contributed by atoms with E-state index in [1.54, 1.807) is 12.3 Å². The first kappa shape index (κ1) is 14.0. The van der Waals surface area contributed by atoms with Crippen LogP contribution in [0.3, 0.4) is 0 Å². The number of nitrogens with zero attached hydrogens (tertiary/aromatic N) is 2. The normalized spacial score (nSPS) is 15.5. The SMILES string of the molecule is Oc1ccc(C2Nc3ccccc3-c3cnnc4[nH]cc2c34)cc1F. The highest BCUT2D eigenvalue weighted by Gasteiger charge is 2.26. The van der Waals surface area contributed by atoms with Crippen molar-refractivity contribution in [1.82, 2.24) is 15.2 Å². The minimum absolute atomic E-state index is 0.282. The van der Waals surface area contributed by atoms with Crippen LogP contribution in [0.1, 0.15) is 17.2 Å². The van der Waals surface area contributed by atoms with Crippen molar-refractivity contribution in [1.29, 1.82) is 0 Å². The number of benzene rings is 2. The number of hydrogen-bond acceptors (Lipinski definition) is 4. The molecule has 1 unspecified atom stereocenters. The molecule has 1 aliphatic rings. The summed E-state index contributed by atoms with van der Waals surface area (Å²) in [6, 6.07) is 12.1. The third-order valence-electron chi connectivity index (χ3n) is 4.64. The van der Waals surface area contributed by atoms with Gasteiger partial charge in [-0.15, -0.1) is 5.10 Å². The van der Waals surface area contributed by atoms with Crippen LogP contribution in [0.15, 0.2) is 54.9 Å². The molecule has 1 aliphatic heterocycles. The molecule has 0 fully saturated rings. The molecule has 0 saturated heterocycles. The van der Waals surface area contributed by atoms with Crippen LogP contribution < -0.4 is 5.32 Å². The fraction of sp³-hybridized carbons (Fsp3) is 0.0526. The van der Waals surface area contributed by atoms with E-state index in [2.05, 4.69) is 20.5 Å². The first-order chi connectivity index (χ1) is 12.2. The van der Waals surface area contributed by atoms with Crippen molar-refractivity contribution in [2.24, 2.45) is 0 Å². The van der Waals surface area contributed by atoms with Gasteiger partial charge in [-0.25, -0.2) is 4.39 Å². The van der Waals surface area contributed by atoms with E-state index in [0.29, 0.717) is 5.65 Å². The molecule has 4 aromatic rings. The lowest BCUT2D eigenvalue weighted by Gasteiger charge is -2.19. The lowest BCUT2D eigenvalue weighted by atomic mass is 9.97. The molecule has 0 spiro atoms. The van der Waals surface area contributed by atoms with Gasteiger partial charge >= 0.3 is 0 Å². The van der Waals surface area contributed by atoms with Gasteiger partial charge in [0.1, 0.15) is 0 Å². The number of aromatic nitrogens is 3. The molecular formula is C19H13FN4O. The third kappa shape index (κ3) is 2.00. The van der Waals surface area contributed by atoms with Crippen LogP contribution in [0, 0.1) is 5.82 Å². The van der Waals surface area contributed by atoms with Gasteiger partial charge in [0.15, 0.2) is 17.2 Å². The topological polar surface area (TPSA) is 73.8 Å². The lowest BCUT2D eigenvalue weighted by molar-refractivity contribution is 0.431. The summed E-state index contributed by atoms with van der Waals surface area (Å²) in [6.07, 6.45) is 3.62. The van der Waals surface area contributed by atoms with E-state index in [4.69, 9.17) is 0 Å². The van der Waals surface area contributed by atoms with Crippen molar-refractivity contribution < 1.29 is 9.50 Å². The van der Waals surface area contributed by atoms with E-state index in [1.807, 2.05) is 30.5 Å². The zero-order chi connectivity index (χ0) is 17.0. The molecule has 5 rings (SSSR count). The fourth-order valence-corrected chi connectivity index (χ4v) is 3.47. The first-order valence-electron chi connectivity index (χ1n) is 7.89. The molecule has 25 heavy (non-hydrogen) atoms. The Labute approximate surface area is 142 Å². The quantitative estimate of drug-likeness (QED) is 0.493. The van der Waals surface area contributed by atoms with Crippen molar-refractivity contribution in [3.8, 4) is 16.9 Å². The summed E-state index contributed by atoms with van der Waals surface area (Å²) in [5.74, 6) is -1.00. The molecule has 0 aliphatic carbocycles. The van der Waals surface area contributed by atoms with Gasteiger partial charge in [-0.2, -0.15) is 5.10 Å². The van der Waals surface area contributed by atoms with E-state index in [-0.39, 0.29) is 11.8 Å². The van der Waals surface area contributed by atoms with E-state index in [1.165, 1.54) is 12.1 Å². The largest absolute Gasteiger partial charge is 0.505 e. The summed E-state index contributed by atoms with van der Waals surface area (Å²) >= 11 is 0. The summed E-state index contributed by atoms with van der Waals surface area (Å²) in [5.41, 5.74) is 5.30. The maximum Gasteiger partial charge on any atom is 0.165 e. The minimum Gasteiger partial charge on any atom is -0.505 e. The standard InChI is InChI=1S/C19H13FN4O/c20-14-7-10(5-6-16(14)25)18-13-8-21-19-17(13)12(9-22-24-19)11-3-1-2-4-15(11)23-18/h1-9,18,23,25H,(H,21,24). The van der Waals surface area contributed by atoms with Crippen molar-refractivity contribution in [3.63, 3.8) is 0 Å². The predicted molar refractivity (Wildman–Crippen MR) is 92.9 cm³/mol. The van der Waals surface area contributed by atoms with Gasteiger partial charge < -0.3 is 15.4 Å². The van der Waals surface area contributed by atoms with Crippen LogP contribution in [-0.4, -0.2) is 20.3 Å². The van der Waals surface area contributed by atoms with Gasteiger partial charge in [0, 0.05) is 34.0 Å². The highest BCUT2D eigenvalue weighted by Crippen LogP contribution is 2.43. The molecule has 0 saturated carbocycles. The Kier molecular flexibility index (Phi) is 2.82. The Morgan fingerprint density at radius 3 is 2.84 bits per heavy atom. The van der Waals surface area contributed by atoms with Crippen molar-refractivity contribution >= 4 is 16.7 Å². The van der Waals surface area contributed by atoms with Crippen LogP contribution in [0.5, 0.6) is 5.75 Å². The molecule has 0 bridgehead atoms. The second-order valence-corrected chi connectivity index (χ2v) is 6.06. The zero-order valence-electron chi connectivity index (χ0n) is 13.0. The number of halogens is 1. The zero-order valence-corrected chi connectivity index (χ0v) is 13.0. The molecule has 2 aromatic heterocycles. The van der Waals surface area contributed by atoms with Gasteiger partial charge in [-0.1, -0.05) is 24.3 Å². The second kappa shape index (κ2) is 5.04. The van der Waals surface area contributed by atoms with E-state index >= 15 is 0 Å². The van der Waals surface area contributed by atoms with Crippen LogP contribution in [0.25, 0.3) is 22.2 Å². The number of aromatic amines is 1. The molecule has 0 radical (unpaired) electrons. The maximum atomic E-state index is 13.9. The molecule has 3 heterocycles. The van der Waals surface area contributed by atoms with Gasteiger partial charge in [0.25, 0.3) is 0 Å². The Morgan fingerprint density at radius 2 is 1.96 bits per heavy atom. The molecule has 122 valence electrons. The Balaban J connectivity index is 1.83. The first-order valence-corrected chi connectivity index (χ1v) is 7.89. The summed E-state index contributed by atoms with van der Waals surface area (Å²) in [7, 11) is 0. The van der Waals surface area contributed by atoms with E-state index in [0.717, 1.165) is 33.3 Å². The van der Waals surface area contributed by atoms with Crippen molar-refractivity contribution in [3.05, 3.63) is 71.8 Å². The molecular weight excluding hydrogens is 319 g/mol. The van der Waals surface area contributed by atoms with Gasteiger partial charge in [0.2, 0.25) is 0 Å². The average Bonchev–Trinajstić information content (AvgIpc) is 3.00. The van der Waals surface area contributed by atoms with Crippen LogP contribution in [0.4, 0.5) is 10.1 Å². The fourth-order valence-electron chi connectivity index (χ4n) is 3.47.